The summed E-state index contributed by atoms with van der Waals surface area (Å²) in [5.41, 5.74) is 3.72. The van der Waals surface area contributed by atoms with E-state index in [2.05, 4.69) is 48.5 Å². The van der Waals surface area contributed by atoms with Gasteiger partial charge in [-0.05, 0) is 29.7 Å². The number of para-hydroxylation sites is 1. The maximum absolute atomic E-state index is 13.0. The van der Waals surface area contributed by atoms with Crippen molar-refractivity contribution in [2.24, 2.45) is 0 Å². The van der Waals surface area contributed by atoms with Crippen molar-refractivity contribution in [2.75, 3.05) is 26.2 Å². The van der Waals surface area contributed by atoms with Crippen LogP contribution in [0.3, 0.4) is 0 Å². The lowest BCUT2D eigenvalue weighted by atomic mass is 9.99. The fraction of sp³-hybridized carbons (Fsp3) is 0.333. The highest BCUT2D eigenvalue weighted by Gasteiger charge is 2.35. The van der Waals surface area contributed by atoms with Crippen LogP contribution < -0.4 is 4.90 Å². The van der Waals surface area contributed by atoms with E-state index in [1.807, 2.05) is 17.0 Å². The molecule has 1 saturated heterocycles. The van der Waals surface area contributed by atoms with Crippen molar-refractivity contribution in [3.05, 3.63) is 71.2 Å². The first-order valence-electron chi connectivity index (χ1n) is 10.5. The predicted octanol–water partition coefficient (Wildman–Crippen LogP) is 3.33. The number of hydrogen-bond donors (Lipinski definition) is 1. The van der Waals surface area contributed by atoms with Crippen LogP contribution in [0.15, 0.2) is 60.7 Å². The fourth-order valence-electron chi connectivity index (χ4n) is 4.58. The van der Waals surface area contributed by atoms with Crippen LogP contribution in [-0.4, -0.2) is 42.0 Å². The van der Waals surface area contributed by atoms with Crippen LogP contribution >= 0.6 is 11.3 Å². The standard InChI is InChI=1S/C24H25N3OS/c28-23(26-15-12-19(13-16-26)18-7-2-1-3-8-18)17-27-14-6-10-21(27)24-25-20-9-4-5-11-22(20)29-24/h1-5,7-9,11-12,21H,6,10,13-17H2/p+1/t21-/m1/s1. The third kappa shape index (κ3) is 3.85. The molecule has 0 saturated carbocycles. The molecule has 3 heterocycles. The van der Waals surface area contributed by atoms with Crippen LogP contribution in [0.5, 0.6) is 0 Å². The van der Waals surface area contributed by atoms with E-state index in [0.29, 0.717) is 12.6 Å². The fourth-order valence-corrected chi connectivity index (χ4v) is 5.74. The third-order valence-corrected chi connectivity index (χ3v) is 7.33. The van der Waals surface area contributed by atoms with Crippen LogP contribution in [0.1, 0.15) is 35.9 Å². The molecule has 5 rings (SSSR count). The van der Waals surface area contributed by atoms with E-state index in [1.165, 1.54) is 32.2 Å². The van der Waals surface area contributed by atoms with Gasteiger partial charge in [-0.3, -0.25) is 4.79 Å². The number of fused-ring (bicyclic) bond motifs is 1. The largest absolute Gasteiger partial charge is 0.334 e. The Morgan fingerprint density at radius 2 is 1.97 bits per heavy atom. The van der Waals surface area contributed by atoms with Crippen molar-refractivity contribution in [1.82, 2.24) is 9.88 Å². The van der Waals surface area contributed by atoms with E-state index in [0.717, 1.165) is 38.0 Å². The Balaban J connectivity index is 1.25. The van der Waals surface area contributed by atoms with Gasteiger partial charge in [-0.1, -0.05) is 48.5 Å². The molecule has 1 aromatic heterocycles. The molecule has 148 valence electrons. The van der Waals surface area contributed by atoms with E-state index in [-0.39, 0.29) is 5.91 Å². The molecule has 1 N–H and O–H groups in total. The van der Waals surface area contributed by atoms with Gasteiger partial charge < -0.3 is 9.80 Å². The molecule has 0 spiro atoms. The number of rotatable bonds is 4. The topological polar surface area (TPSA) is 37.6 Å². The van der Waals surface area contributed by atoms with E-state index in [9.17, 15) is 4.79 Å². The Bertz CT molecular complexity index is 1010. The molecular formula is C24H26N3OS+. The van der Waals surface area contributed by atoms with Crippen molar-refractivity contribution in [2.45, 2.75) is 25.3 Å². The lowest BCUT2D eigenvalue weighted by molar-refractivity contribution is -0.910. The van der Waals surface area contributed by atoms with Crippen LogP contribution in [0.2, 0.25) is 0 Å². The summed E-state index contributed by atoms with van der Waals surface area (Å²) in [6, 6.07) is 19.2. The number of thiazole rings is 1. The van der Waals surface area contributed by atoms with Gasteiger partial charge >= 0.3 is 0 Å². The molecule has 4 nitrogen and oxygen atoms in total. The zero-order chi connectivity index (χ0) is 19.6. The molecule has 1 amide bonds. The average molecular weight is 405 g/mol. The second-order valence-corrected chi connectivity index (χ2v) is 9.05. The number of hydrogen-bond acceptors (Lipinski definition) is 3. The van der Waals surface area contributed by atoms with E-state index in [4.69, 9.17) is 4.98 Å². The number of aromatic nitrogens is 1. The third-order valence-electron chi connectivity index (χ3n) is 6.18. The van der Waals surface area contributed by atoms with Gasteiger partial charge in [0.2, 0.25) is 0 Å². The van der Waals surface area contributed by atoms with Gasteiger partial charge in [-0.15, -0.1) is 11.3 Å². The minimum absolute atomic E-state index is 0.274. The Morgan fingerprint density at radius 1 is 1.14 bits per heavy atom. The number of quaternary nitrogens is 1. The van der Waals surface area contributed by atoms with Gasteiger partial charge in [0.25, 0.3) is 5.91 Å². The number of nitrogens with zero attached hydrogens (tertiary/aromatic N) is 2. The maximum Gasteiger partial charge on any atom is 0.278 e. The van der Waals surface area contributed by atoms with Gasteiger partial charge in [-0.2, -0.15) is 0 Å². The minimum Gasteiger partial charge on any atom is -0.334 e. The van der Waals surface area contributed by atoms with Gasteiger partial charge in [0.15, 0.2) is 11.6 Å². The number of likely N-dealkylation sites (tertiary alicyclic amines) is 1. The second kappa shape index (κ2) is 8.09. The maximum atomic E-state index is 13.0. The van der Waals surface area contributed by atoms with Gasteiger partial charge in [0.1, 0.15) is 6.04 Å². The number of nitrogens with one attached hydrogen (secondary N) is 1. The summed E-state index contributed by atoms with van der Waals surface area (Å²) >= 11 is 1.79. The lowest BCUT2D eigenvalue weighted by Crippen LogP contribution is -3.11. The first-order chi connectivity index (χ1) is 14.3. The normalized spacial score (nSPS) is 22.1. The van der Waals surface area contributed by atoms with Gasteiger partial charge in [0, 0.05) is 25.9 Å². The van der Waals surface area contributed by atoms with Crippen molar-refractivity contribution < 1.29 is 9.69 Å². The summed E-state index contributed by atoms with van der Waals surface area (Å²) in [7, 11) is 0. The number of benzene rings is 2. The van der Waals surface area contributed by atoms with E-state index >= 15 is 0 Å². The second-order valence-electron chi connectivity index (χ2n) is 7.98. The molecule has 2 aliphatic rings. The summed E-state index contributed by atoms with van der Waals surface area (Å²) in [6.45, 7) is 3.18. The molecule has 5 heteroatoms. The zero-order valence-electron chi connectivity index (χ0n) is 16.5. The Labute approximate surface area is 175 Å². The molecular weight excluding hydrogens is 378 g/mol. The molecule has 1 unspecified atom stereocenters. The Kier molecular flexibility index (Phi) is 5.17. The Hall–Kier alpha value is -2.50. The summed E-state index contributed by atoms with van der Waals surface area (Å²) in [5, 5.41) is 1.19. The highest BCUT2D eigenvalue weighted by Crippen LogP contribution is 2.28. The quantitative estimate of drug-likeness (QED) is 0.724. The van der Waals surface area contributed by atoms with Crippen molar-refractivity contribution >= 4 is 33.0 Å². The molecule has 0 radical (unpaired) electrons. The molecule has 3 aromatic rings. The van der Waals surface area contributed by atoms with Crippen LogP contribution in [0.4, 0.5) is 0 Å². The summed E-state index contributed by atoms with van der Waals surface area (Å²) in [6.07, 6.45) is 5.45. The monoisotopic (exact) mass is 404 g/mol. The summed E-state index contributed by atoms with van der Waals surface area (Å²) in [4.78, 5) is 21.3. The van der Waals surface area contributed by atoms with Crippen molar-refractivity contribution in [3.8, 4) is 0 Å². The number of amides is 1. The Morgan fingerprint density at radius 3 is 2.76 bits per heavy atom. The van der Waals surface area contributed by atoms with Gasteiger partial charge in [-0.25, -0.2) is 4.98 Å². The number of carbonyl (C=O) groups excluding carboxylic acids is 1. The van der Waals surface area contributed by atoms with Crippen LogP contribution in [-0.2, 0) is 4.79 Å². The molecule has 29 heavy (non-hydrogen) atoms. The molecule has 2 aromatic carbocycles. The lowest BCUT2D eigenvalue weighted by Gasteiger charge is -2.28. The van der Waals surface area contributed by atoms with Gasteiger partial charge in [0.05, 0.1) is 16.8 Å². The van der Waals surface area contributed by atoms with Crippen LogP contribution in [0, 0.1) is 0 Å². The van der Waals surface area contributed by atoms with Crippen LogP contribution in [0.25, 0.3) is 15.8 Å². The van der Waals surface area contributed by atoms with Crippen molar-refractivity contribution in [3.63, 3.8) is 0 Å². The molecule has 1 fully saturated rings. The predicted molar refractivity (Wildman–Crippen MR) is 118 cm³/mol. The first kappa shape index (κ1) is 18.5. The smallest absolute Gasteiger partial charge is 0.278 e. The molecule has 2 atom stereocenters. The average Bonchev–Trinajstić information content (AvgIpc) is 3.41. The van der Waals surface area contributed by atoms with Crippen molar-refractivity contribution in [1.29, 1.82) is 0 Å². The van der Waals surface area contributed by atoms with E-state index in [1.54, 1.807) is 11.3 Å². The molecule has 0 aliphatic carbocycles. The van der Waals surface area contributed by atoms with E-state index < -0.39 is 0 Å². The highest BCUT2D eigenvalue weighted by atomic mass is 32.1. The minimum atomic E-state index is 0.274. The molecule has 2 aliphatic heterocycles. The zero-order valence-corrected chi connectivity index (χ0v) is 17.3. The summed E-state index contributed by atoms with van der Waals surface area (Å²) in [5.74, 6) is 0.274. The summed E-state index contributed by atoms with van der Waals surface area (Å²) < 4.78 is 1.25. The SMILES string of the molecule is O=C(C[NH+]1CCC[C@@H]1c1nc2ccccc2s1)N1CC=C(c2ccccc2)CC1. The highest BCUT2D eigenvalue weighted by molar-refractivity contribution is 7.18. The first-order valence-corrected chi connectivity index (χ1v) is 11.3. The number of carbonyl (C=O) groups is 1. The molecule has 0 bridgehead atoms.